The quantitative estimate of drug-likeness (QED) is 0.374. The first kappa shape index (κ1) is 12.6. The third-order valence-corrected chi connectivity index (χ3v) is 1.66. The van der Waals surface area contributed by atoms with Gasteiger partial charge in [0.25, 0.3) is 0 Å². The maximum absolute atomic E-state index is 10.9. The van der Waals surface area contributed by atoms with E-state index in [4.69, 9.17) is 5.11 Å². The number of Topliss-reactive ketones (excluding diaryl/α,β-unsaturated/α-hetero) is 1. The van der Waals surface area contributed by atoms with E-state index < -0.39 is 12.4 Å². The molecular formula is C9H14O5. The molecule has 0 fully saturated rings. The predicted molar refractivity (Wildman–Crippen MR) is 47.7 cm³/mol. The van der Waals surface area contributed by atoms with Gasteiger partial charge >= 0.3 is 11.9 Å². The molecule has 1 N–H and O–H groups in total. The van der Waals surface area contributed by atoms with Crippen molar-refractivity contribution >= 4 is 17.7 Å². The summed E-state index contributed by atoms with van der Waals surface area (Å²) in [5, 5.41) is 8.27. The lowest BCUT2D eigenvalue weighted by Gasteiger charge is -1.98. The standard InChI is InChI=1S/C9H14O5/c1-14-9(13)5-3-2-4-7(10)6-8(11)12/h2-6H2,1H3,(H,11,12). The predicted octanol–water partition coefficient (Wildman–Crippen LogP) is 0.764. The van der Waals surface area contributed by atoms with Gasteiger partial charge in [0.2, 0.25) is 0 Å². The van der Waals surface area contributed by atoms with Crippen LogP contribution < -0.4 is 0 Å². The maximum atomic E-state index is 10.9. The van der Waals surface area contributed by atoms with Crippen molar-refractivity contribution < 1.29 is 24.2 Å². The number of hydrogen-bond donors (Lipinski definition) is 1. The second-order valence-corrected chi connectivity index (χ2v) is 2.89. The first-order valence-electron chi connectivity index (χ1n) is 4.36. The van der Waals surface area contributed by atoms with Crippen molar-refractivity contribution in [3.63, 3.8) is 0 Å². The largest absolute Gasteiger partial charge is 0.481 e. The van der Waals surface area contributed by atoms with Crippen molar-refractivity contribution in [2.75, 3.05) is 7.11 Å². The minimum Gasteiger partial charge on any atom is -0.481 e. The molecule has 0 bridgehead atoms. The normalized spacial score (nSPS) is 9.50. The first-order valence-corrected chi connectivity index (χ1v) is 4.36. The Morgan fingerprint density at radius 1 is 1.14 bits per heavy atom. The number of esters is 1. The van der Waals surface area contributed by atoms with Crippen LogP contribution in [0.15, 0.2) is 0 Å². The summed E-state index contributed by atoms with van der Waals surface area (Å²) >= 11 is 0. The Bertz CT molecular complexity index is 221. The zero-order chi connectivity index (χ0) is 11.0. The smallest absolute Gasteiger partial charge is 0.310 e. The van der Waals surface area contributed by atoms with Crippen LogP contribution in [0.25, 0.3) is 0 Å². The molecule has 0 aromatic heterocycles. The molecule has 0 amide bonds. The maximum Gasteiger partial charge on any atom is 0.310 e. The van der Waals surface area contributed by atoms with Crippen molar-refractivity contribution in [1.82, 2.24) is 0 Å². The van der Waals surface area contributed by atoms with Crippen molar-refractivity contribution in [1.29, 1.82) is 0 Å². The highest BCUT2D eigenvalue weighted by molar-refractivity contribution is 5.94. The number of carbonyl (C=O) groups excluding carboxylic acids is 2. The lowest BCUT2D eigenvalue weighted by Crippen LogP contribution is -2.06. The number of methoxy groups -OCH3 is 1. The zero-order valence-corrected chi connectivity index (χ0v) is 8.12. The van der Waals surface area contributed by atoms with Gasteiger partial charge in [-0.1, -0.05) is 0 Å². The van der Waals surface area contributed by atoms with Gasteiger partial charge in [0.1, 0.15) is 12.2 Å². The summed E-state index contributed by atoms with van der Waals surface area (Å²) in [6, 6.07) is 0. The van der Waals surface area contributed by atoms with Crippen LogP contribution in [0.3, 0.4) is 0 Å². The number of rotatable bonds is 7. The van der Waals surface area contributed by atoms with Crippen LogP contribution in [0.1, 0.15) is 32.1 Å². The summed E-state index contributed by atoms with van der Waals surface area (Å²) in [7, 11) is 1.30. The van der Waals surface area contributed by atoms with Gasteiger partial charge in [0.15, 0.2) is 0 Å². The second-order valence-electron chi connectivity index (χ2n) is 2.89. The molecule has 0 spiro atoms. The first-order chi connectivity index (χ1) is 6.56. The van der Waals surface area contributed by atoms with Crippen molar-refractivity contribution in [2.45, 2.75) is 32.1 Å². The van der Waals surface area contributed by atoms with Gasteiger partial charge in [-0.3, -0.25) is 14.4 Å². The molecule has 0 aliphatic carbocycles. The van der Waals surface area contributed by atoms with Crippen molar-refractivity contribution in [3.8, 4) is 0 Å². The van der Waals surface area contributed by atoms with Crippen molar-refractivity contribution in [3.05, 3.63) is 0 Å². The minimum atomic E-state index is -1.11. The van der Waals surface area contributed by atoms with Crippen LogP contribution in [0, 0.1) is 0 Å². The van der Waals surface area contributed by atoms with Gasteiger partial charge in [0.05, 0.1) is 7.11 Å². The van der Waals surface area contributed by atoms with E-state index in [1.54, 1.807) is 0 Å². The Morgan fingerprint density at radius 2 is 1.71 bits per heavy atom. The van der Waals surface area contributed by atoms with Gasteiger partial charge in [-0.25, -0.2) is 0 Å². The Balaban J connectivity index is 3.40. The number of carboxylic acid groups (broad SMARTS) is 1. The molecule has 5 heteroatoms. The number of ketones is 1. The number of carbonyl (C=O) groups is 3. The summed E-state index contributed by atoms with van der Waals surface area (Å²) in [6.07, 6.45) is 1.14. The molecule has 0 aromatic carbocycles. The molecule has 0 rings (SSSR count). The summed E-state index contributed by atoms with van der Waals surface area (Å²) in [6.45, 7) is 0. The van der Waals surface area contributed by atoms with Crippen LogP contribution in [-0.2, 0) is 19.1 Å². The third-order valence-electron chi connectivity index (χ3n) is 1.66. The molecule has 0 saturated carbocycles. The van der Waals surface area contributed by atoms with Gasteiger partial charge in [-0.2, -0.15) is 0 Å². The lowest BCUT2D eigenvalue weighted by atomic mass is 10.1. The molecule has 0 aromatic rings. The molecule has 0 radical (unpaired) electrons. The molecule has 0 saturated heterocycles. The van der Waals surface area contributed by atoms with E-state index in [1.165, 1.54) is 7.11 Å². The monoisotopic (exact) mass is 202 g/mol. The van der Waals surface area contributed by atoms with Crippen LogP contribution in [0.2, 0.25) is 0 Å². The molecule has 0 heterocycles. The van der Waals surface area contributed by atoms with E-state index in [9.17, 15) is 14.4 Å². The number of carboxylic acids is 1. The lowest BCUT2D eigenvalue weighted by molar-refractivity contribution is -0.142. The highest BCUT2D eigenvalue weighted by Crippen LogP contribution is 2.03. The molecule has 14 heavy (non-hydrogen) atoms. The third kappa shape index (κ3) is 7.27. The van der Waals surface area contributed by atoms with Gasteiger partial charge in [-0.15, -0.1) is 0 Å². The van der Waals surface area contributed by atoms with Crippen LogP contribution >= 0.6 is 0 Å². The summed E-state index contributed by atoms with van der Waals surface area (Å²) in [4.78, 5) is 31.6. The fraction of sp³-hybridized carbons (Fsp3) is 0.667. The van der Waals surface area contributed by atoms with Crippen LogP contribution in [-0.4, -0.2) is 29.9 Å². The molecular weight excluding hydrogens is 188 g/mol. The minimum absolute atomic E-state index is 0.212. The average Bonchev–Trinajstić information content (AvgIpc) is 2.10. The van der Waals surface area contributed by atoms with Gasteiger partial charge < -0.3 is 9.84 Å². The molecule has 80 valence electrons. The fourth-order valence-corrected chi connectivity index (χ4v) is 0.951. The number of unbranched alkanes of at least 4 members (excludes halogenated alkanes) is 1. The Kier molecular flexibility index (Phi) is 6.36. The average molecular weight is 202 g/mol. The van der Waals surface area contributed by atoms with E-state index in [2.05, 4.69) is 4.74 Å². The van der Waals surface area contributed by atoms with E-state index in [0.717, 1.165) is 0 Å². The molecule has 5 nitrogen and oxygen atoms in total. The molecule has 0 aliphatic rings. The molecule has 0 unspecified atom stereocenters. The Hall–Kier alpha value is -1.39. The SMILES string of the molecule is COC(=O)CCCCC(=O)CC(=O)O. The Morgan fingerprint density at radius 3 is 2.21 bits per heavy atom. The van der Waals surface area contributed by atoms with Crippen LogP contribution in [0.4, 0.5) is 0 Å². The Labute approximate surface area is 82.1 Å². The highest BCUT2D eigenvalue weighted by atomic mass is 16.5. The van der Waals surface area contributed by atoms with E-state index >= 15 is 0 Å². The summed E-state index contributed by atoms with van der Waals surface area (Å²) in [5.74, 6) is -1.72. The summed E-state index contributed by atoms with van der Waals surface area (Å²) in [5.41, 5.74) is 0. The number of hydrogen-bond acceptors (Lipinski definition) is 4. The number of ether oxygens (including phenoxy) is 1. The van der Waals surface area contributed by atoms with Gasteiger partial charge in [-0.05, 0) is 12.8 Å². The van der Waals surface area contributed by atoms with Crippen molar-refractivity contribution in [2.24, 2.45) is 0 Å². The van der Waals surface area contributed by atoms with E-state index in [1.807, 2.05) is 0 Å². The summed E-state index contributed by atoms with van der Waals surface area (Å²) < 4.78 is 4.40. The van der Waals surface area contributed by atoms with Gasteiger partial charge in [0, 0.05) is 12.8 Å². The van der Waals surface area contributed by atoms with E-state index in [0.29, 0.717) is 12.8 Å². The topological polar surface area (TPSA) is 80.7 Å². The molecule has 0 atom stereocenters. The number of aliphatic carboxylic acids is 1. The fourth-order valence-electron chi connectivity index (χ4n) is 0.951. The zero-order valence-electron chi connectivity index (χ0n) is 8.12. The molecule has 0 aliphatic heterocycles. The van der Waals surface area contributed by atoms with Crippen LogP contribution in [0.5, 0.6) is 0 Å². The highest BCUT2D eigenvalue weighted by Gasteiger charge is 2.07. The second kappa shape index (κ2) is 7.06. The van der Waals surface area contributed by atoms with E-state index in [-0.39, 0.29) is 24.6 Å².